The van der Waals surface area contributed by atoms with Gasteiger partial charge in [-0.2, -0.15) is 4.31 Å². The molecule has 1 aliphatic rings. The molecular weight excluding hydrogens is 398 g/mol. The molecule has 0 saturated carbocycles. The smallest absolute Gasteiger partial charge is 0.243 e. The summed E-state index contributed by atoms with van der Waals surface area (Å²) in [6.07, 6.45) is 2.84. The van der Waals surface area contributed by atoms with E-state index in [-0.39, 0.29) is 29.8 Å². The number of aryl methyl sites for hydroxylation is 1. The highest BCUT2D eigenvalue weighted by atomic mass is 35.5. The zero-order valence-corrected chi connectivity index (χ0v) is 17.5. The number of nitrogens with zero attached hydrogens (tertiary/aromatic N) is 1. The highest BCUT2D eigenvalue weighted by molar-refractivity contribution is 7.89. The van der Waals surface area contributed by atoms with Crippen molar-refractivity contribution in [2.45, 2.75) is 31.1 Å². The second-order valence-electron chi connectivity index (χ2n) is 6.71. The zero-order valence-electron chi connectivity index (χ0n) is 15.8. The van der Waals surface area contributed by atoms with Gasteiger partial charge in [0.25, 0.3) is 0 Å². The monoisotopic (exact) mass is 423 g/mol. The molecule has 0 aliphatic carbocycles. The van der Waals surface area contributed by atoms with Gasteiger partial charge in [0.2, 0.25) is 15.9 Å². The lowest BCUT2D eigenvalue weighted by Crippen LogP contribution is -2.36. The minimum absolute atomic E-state index is 0. The number of carbonyl (C=O) groups excluding carboxylic acids is 1. The Labute approximate surface area is 172 Å². The quantitative estimate of drug-likeness (QED) is 0.743. The van der Waals surface area contributed by atoms with Gasteiger partial charge in [0.05, 0.1) is 11.4 Å². The SMILES string of the molecule is Cc1ccc(NC(=O)CNc2ccccc2)cc1S(=O)(=O)N1CCCCC1.Cl. The predicted molar refractivity (Wildman–Crippen MR) is 115 cm³/mol. The summed E-state index contributed by atoms with van der Waals surface area (Å²) in [5, 5.41) is 5.80. The highest BCUT2D eigenvalue weighted by Crippen LogP contribution is 2.26. The van der Waals surface area contributed by atoms with E-state index in [0.717, 1.165) is 24.9 Å². The third-order valence-corrected chi connectivity index (χ3v) is 6.67. The maximum atomic E-state index is 13.0. The Morgan fingerprint density at radius 1 is 1.00 bits per heavy atom. The number of halogens is 1. The topological polar surface area (TPSA) is 78.5 Å². The van der Waals surface area contributed by atoms with E-state index in [1.54, 1.807) is 29.4 Å². The van der Waals surface area contributed by atoms with Gasteiger partial charge in [0.15, 0.2) is 0 Å². The number of para-hydroxylation sites is 1. The lowest BCUT2D eigenvalue weighted by atomic mass is 10.2. The highest BCUT2D eigenvalue weighted by Gasteiger charge is 2.27. The molecule has 1 saturated heterocycles. The van der Waals surface area contributed by atoms with Gasteiger partial charge in [-0.1, -0.05) is 30.7 Å². The second kappa shape index (κ2) is 9.91. The van der Waals surface area contributed by atoms with Gasteiger partial charge in [0, 0.05) is 24.5 Å². The number of hydrogen-bond acceptors (Lipinski definition) is 4. The minimum atomic E-state index is -3.54. The molecule has 28 heavy (non-hydrogen) atoms. The molecule has 0 radical (unpaired) electrons. The summed E-state index contributed by atoms with van der Waals surface area (Å²) in [7, 11) is -3.54. The van der Waals surface area contributed by atoms with Crippen molar-refractivity contribution in [3.05, 3.63) is 54.1 Å². The van der Waals surface area contributed by atoms with Crippen LogP contribution in [0.3, 0.4) is 0 Å². The van der Waals surface area contributed by atoms with Gasteiger partial charge < -0.3 is 10.6 Å². The first-order valence-corrected chi connectivity index (χ1v) is 10.6. The van der Waals surface area contributed by atoms with Gasteiger partial charge in [-0.3, -0.25) is 4.79 Å². The summed E-state index contributed by atoms with van der Waals surface area (Å²) in [5.41, 5.74) is 2.02. The molecule has 1 fully saturated rings. The number of nitrogens with one attached hydrogen (secondary N) is 2. The first kappa shape index (κ1) is 22.2. The fraction of sp³-hybridized carbons (Fsp3) is 0.350. The van der Waals surface area contributed by atoms with Crippen molar-refractivity contribution in [1.82, 2.24) is 4.31 Å². The van der Waals surface area contributed by atoms with Crippen molar-refractivity contribution in [3.8, 4) is 0 Å². The van der Waals surface area contributed by atoms with Crippen molar-refractivity contribution in [2.24, 2.45) is 0 Å². The first-order valence-electron chi connectivity index (χ1n) is 9.16. The molecule has 1 amide bonds. The van der Waals surface area contributed by atoms with Gasteiger partial charge in [-0.05, 0) is 49.6 Å². The lowest BCUT2D eigenvalue weighted by Gasteiger charge is -2.26. The standard InChI is InChI=1S/C20H25N3O3S.ClH/c1-16-10-11-18(22-20(24)15-21-17-8-4-2-5-9-17)14-19(16)27(25,26)23-12-6-3-7-13-23;/h2,4-5,8-11,14,21H,3,6-7,12-13,15H2,1H3,(H,22,24);1H. The van der Waals surface area contributed by atoms with Crippen molar-refractivity contribution in [3.63, 3.8) is 0 Å². The summed E-state index contributed by atoms with van der Waals surface area (Å²) >= 11 is 0. The molecule has 0 spiro atoms. The molecule has 0 unspecified atom stereocenters. The maximum Gasteiger partial charge on any atom is 0.243 e. The van der Waals surface area contributed by atoms with Crippen LogP contribution in [0.1, 0.15) is 24.8 Å². The van der Waals surface area contributed by atoms with Gasteiger partial charge >= 0.3 is 0 Å². The fourth-order valence-electron chi connectivity index (χ4n) is 3.14. The van der Waals surface area contributed by atoms with Crippen LogP contribution in [0.25, 0.3) is 0 Å². The average Bonchev–Trinajstić information content (AvgIpc) is 2.69. The molecule has 152 valence electrons. The Morgan fingerprint density at radius 2 is 1.68 bits per heavy atom. The van der Waals surface area contributed by atoms with Crippen LogP contribution in [0.15, 0.2) is 53.4 Å². The molecule has 1 aliphatic heterocycles. The van der Waals surface area contributed by atoms with Gasteiger partial charge in [-0.15, -0.1) is 12.4 Å². The van der Waals surface area contributed by atoms with Gasteiger partial charge in [-0.25, -0.2) is 8.42 Å². The molecule has 2 N–H and O–H groups in total. The molecule has 8 heteroatoms. The van der Waals surface area contributed by atoms with E-state index in [9.17, 15) is 13.2 Å². The van der Waals surface area contributed by atoms with E-state index in [2.05, 4.69) is 10.6 Å². The molecule has 2 aromatic carbocycles. The number of amides is 1. The number of carbonyl (C=O) groups is 1. The molecule has 0 bridgehead atoms. The molecule has 2 aromatic rings. The zero-order chi connectivity index (χ0) is 19.3. The number of hydrogen-bond donors (Lipinski definition) is 2. The van der Waals surface area contributed by atoms with Crippen LogP contribution in [0.4, 0.5) is 11.4 Å². The third-order valence-electron chi connectivity index (χ3n) is 4.63. The van der Waals surface area contributed by atoms with Crippen LogP contribution in [0, 0.1) is 6.92 Å². The maximum absolute atomic E-state index is 13.0. The van der Waals surface area contributed by atoms with Crippen molar-refractivity contribution in [1.29, 1.82) is 0 Å². The van der Waals surface area contributed by atoms with E-state index < -0.39 is 10.0 Å². The fourth-order valence-corrected chi connectivity index (χ4v) is 4.91. The predicted octanol–water partition coefficient (Wildman–Crippen LogP) is 3.64. The molecule has 0 atom stereocenters. The Morgan fingerprint density at radius 3 is 2.36 bits per heavy atom. The van der Waals surface area contributed by atoms with Crippen molar-refractivity contribution >= 4 is 39.7 Å². The molecule has 0 aromatic heterocycles. The van der Waals surface area contributed by atoms with Gasteiger partial charge in [0.1, 0.15) is 0 Å². The van der Waals surface area contributed by atoms with Crippen molar-refractivity contribution in [2.75, 3.05) is 30.3 Å². The minimum Gasteiger partial charge on any atom is -0.376 e. The number of benzene rings is 2. The van der Waals surface area contributed by atoms with Crippen LogP contribution >= 0.6 is 12.4 Å². The summed E-state index contributed by atoms with van der Waals surface area (Å²) in [6, 6.07) is 14.4. The Hall–Kier alpha value is -2.09. The summed E-state index contributed by atoms with van der Waals surface area (Å²) in [4.78, 5) is 12.5. The molecular formula is C20H26ClN3O3S. The average molecular weight is 424 g/mol. The number of rotatable bonds is 6. The molecule has 6 nitrogen and oxygen atoms in total. The van der Waals surface area contributed by atoms with Crippen LogP contribution in [-0.4, -0.2) is 38.3 Å². The van der Waals surface area contributed by atoms with Crippen LogP contribution in [0.5, 0.6) is 0 Å². The second-order valence-corrected chi connectivity index (χ2v) is 8.62. The largest absolute Gasteiger partial charge is 0.376 e. The molecule has 1 heterocycles. The summed E-state index contributed by atoms with van der Waals surface area (Å²) < 4.78 is 27.5. The van der Waals surface area contributed by atoms with E-state index in [4.69, 9.17) is 0 Å². The first-order chi connectivity index (χ1) is 13.0. The number of piperidine rings is 1. The van der Waals surface area contributed by atoms with E-state index in [1.807, 2.05) is 30.3 Å². The van der Waals surface area contributed by atoms with E-state index in [0.29, 0.717) is 24.3 Å². The Balaban J connectivity index is 0.00000280. The van der Waals surface area contributed by atoms with E-state index in [1.165, 1.54) is 0 Å². The van der Waals surface area contributed by atoms with Crippen molar-refractivity contribution < 1.29 is 13.2 Å². The van der Waals surface area contributed by atoms with Crippen LogP contribution in [-0.2, 0) is 14.8 Å². The Bertz CT molecular complexity index is 898. The Kier molecular flexibility index (Phi) is 7.86. The number of sulfonamides is 1. The van der Waals surface area contributed by atoms with Crippen LogP contribution in [0.2, 0.25) is 0 Å². The summed E-state index contributed by atoms with van der Waals surface area (Å²) in [5.74, 6) is -0.232. The third kappa shape index (κ3) is 5.47. The lowest BCUT2D eigenvalue weighted by molar-refractivity contribution is -0.114. The normalized spacial score (nSPS) is 14.8. The van der Waals surface area contributed by atoms with Crippen LogP contribution < -0.4 is 10.6 Å². The van der Waals surface area contributed by atoms with E-state index >= 15 is 0 Å². The molecule has 3 rings (SSSR count). The number of anilines is 2. The summed E-state index contributed by atoms with van der Waals surface area (Å²) in [6.45, 7) is 2.99.